The average Bonchev–Trinajstić information content (AvgIpc) is 2.41. The second-order valence-electron chi connectivity index (χ2n) is 6.13. The number of hydrogen-bond donors (Lipinski definition) is 1. The van der Waals surface area contributed by atoms with Crippen LogP contribution in [0.3, 0.4) is 0 Å². The molecule has 2 saturated heterocycles. The molecule has 2 atom stereocenters. The molecule has 0 spiro atoms. The Kier molecular flexibility index (Phi) is 3.63. The SMILES string of the molecule is COc1ccc(C2(O)CC3CCCC(C2)S3=O)cc1C. The van der Waals surface area contributed by atoms with Crippen molar-refractivity contribution in [3.63, 3.8) is 0 Å². The van der Waals surface area contributed by atoms with Crippen molar-refractivity contribution in [2.45, 2.75) is 55.1 Å². The van der Waals surface area contributed by atoms with Crippen LogP contribution in [0.15, 0.2) is 18.2 Å². The molecule has 0 radical (unpaired) electrons. The minimum absolute atomic E-state index is 0.162. The highest BCUT2D eigenvalue weighted by atomic mass is 32.2. The zero-order valence-corrected chi connectivity index (χ0v) is 12.9. The van der Waals surface area contributed by atoms with Crippen molar-refractivity contribution in [1.82, 2.24) is 0 Å². The minimum Gasteiger partial charge on any atom is -0.496 e. The van der Waals surface area contributed by atoms with E-state index in [1.165, 1.54) is 0 Å². The summed E-state index contributed by atoms with van der Waals surface area (Å²) < 4.78 is 17.6. The number of fused-ring (bicyclic) bond motifs is 2. The van der Waals surface area contributed by atoms with E-state index in [9.17, 15) is 9.32 Å². The Balaban J connectivity index is 1.93. The summed E-state index contributed by atoms with van der Waals surface area (Å²) in [5.41, 5.74) is 1.17. The number of ether oxygens (including phenoxy) is 1. The monoisotopic (exact) mass is 294 g/mol. The molecule has 2 unspecified atom stereocenters. The van der Waals surface area contributed by atoms with Crippen LogP contribution in [-0.4, -0.2) is 26.9 Å². The molecule has 0 aromatic heterocycles. The summed E-state index contributed by atoms with van der Waals surface area (Å²) in [7, 11) is 0.905. The quantitative estimate of drug-likeness (QED) is 0.912. The number of benzene rings is 1. The number of methoxy groups -OCH3 is 1. The van der Waals surface area contributed by atoms with Crippen LogP contribution in [0.1, 0.15) is 43.2 Å². The van der Waals surface area contributed by atoms with Crippen molar-refractivity contribution in [3.8, 4) is 5.75 Å². The number of aliphatic hydroxyl groups is 1. The third-order valence-corrected chi connectivity index (χ3v) is 6.89. The Morgan fingerprint density at radius 2 is 1.95 bits per heavy atom. The lowest BCUT2D eigenvalue weighted by atomic mass is 9.80. The Bertz CT molecular complexity index is 525. The van der Waals surface area contributed by atoms with E-state index in [0.717, 1.165) is 36.1 Å². The molecule has 3 nitrogen and oxygen atoms in total. The van der Waals surface area contributed by atoms with Gasteiger partial charge in [0, 0.05) is 21.3 Å². The Morgan fingerprint density at radius 3 is 2.50 bits per heavy atom. The third kappa shape index (κ3) is 2.29. The van der Waals surface area contributed by atoms with Crippen molar-refractivity contribution >= 4 is 10.8 Å². The van der Waals surface area contributed by atoms with Gasteiger partial charge < -0.3 is 9.84 Å². The fourth-order valence-corrected chi connectivity index (χ4v) is 5.91. The van der Waals surface area contributed by atoms with Gasteiger partial charge in [0.25, 0.3) is 0 Å². The molecular weight excluding hydrogens is 272 g/mol. The molecule has 1 aromatic carbocycles. The number of rotatable bonds is 2. The van der Waals surface area contributed by atoms with Crippen LogP contribution < -0.4 is 4.74 Å². The molecule has 2 heterocycles. The van der Waals surface area contributed by atoms with E-state index >= 15 is 0 Å². The van der Waals surface area contributed by atoms with E-state index in [1.54, 1.807) is 7.11 Å². The van der Waals surface area contributed by atoms with Crippen molar-refractivity contribution in [2.75, 3.05) is 7.11 Å². The second-order valence-corrected chi connectivity index (χ2v) is 8.12. The van der Waals surface area contributed by atoms with Crippen LogP contribution >= 0.6 is 0 Å². The first-order valence-corrected chi connectivity index (χ1v) is 8.58. The largest absolute Gasteiger partial charge is 0.496 e. The van der Waals surface area contributed by atoms with Crippen molar-refractivity contribution < 1.29 is 14.1 Å². The highest BCUT2D eigenvalue weighted by molar-refractivity contribution is 7.86. The predicted octanol–water partition coefficient (Wildman–Crippen LogP) is 2.65. The zero-order valence-electron chi connectivity index (χ0n) is 12.1. The van der Waals surface area contributed by atoms with Gasteiger partial charge in [-0.15, -0.1) is 0 Å². The van der Waals surface area contributed by atoms with Gasteiger partial charge in [-0.3, -0.25) is 4.21 Å². The first kappa shape index (κ1) is 14.1. The molecule has 3 rings (SSSR count). The smallest absolute Gasteiger partial charge is 0.121 e. The molecule has 20 heavy (non-hydrogen) atoms. The topological polar surface area (TPSA) is 46.5 Å². The Morgan fingerprint density at radius 1 is 1.30 bits per heavy atom. The van der Waals surface area contributed by atoms with E-state index in [0.29, 0.717) is 12.8 Å². The third-order valence-electron chi connectivity index (χ3n) is 4.77. The van der Waals surface area contributed by atoms with Gasteiger partial charge in [-0.2, -0.15) is 0 Å². The van der Waals surface area contributed by atoms with E-state index in [4.69, 9.17) is 4.74 Å². The summed E-state index contributed by atoms with van der Waals surface area (Å²) in [6.07, 6.45) is 4.38. The minimum atomic E-state index is -0.819. The fourth-order valence-electron chi connectivity index (χ4n) is 3.69. The zero-order chi connectivity index (χ0) is 14.3. The highest BCUT2D eigenvalue weighted by Gasteiger charge is 2.46. The molecule has 0 saturated carbocycles. The van der Waals surface area contributed by atoms with Gasteiger partial charge in [-0.25, -0.2) is 0 Å². The highest BCUT2D eigenvalue weighted by Crippen LogP contribution is 2.44. The van der Waals surface area contributed by atoms with Gasteiger partial charge in [0.15, 0.2) is 0 Å². The second kappa shape index (κ2) is 5.15. The van der Waals surface area contributed by atoms with Crippen LogP contribution in [0.25, 0.3) is 0 Å². The standard InChI is InChI=1S/C16H22O3S/c1-11-8-12(6-7-15(11)19-2)16(17)9-13-4-3-5-14(10-16)20(13)18/h6-8,13-14,17H,3-5,9-10H2,1-2H3. The van der Waals surface area contributed by atoms with E-state index in [-0.39, 0.29) is 10.5 Å². The van der Waals surface area contributed by atoms with Crippen molar-refractivity contribution in [1.29, 1.82) is 0 Å². The van der Waals surface area contributed by atoms with Gasteiger partial charge in [0.05, 0.1) is 12.7 Å². The number of aryl methyl sites for hydroxylation is 1. The first-order chi connectivity index (χ1) is 9.53. The van der Waals surface area contributed by atoms with Crippen LogP contribution in [0, 0.1) is 6.92 Å². The lowest BCUT2D eigenvalue weighted by Gasteiger charge is -2.44. The van der Waals surface area contributed by atoms with E-state index in [1.807, 2.05) is 25.1 Å². The van der Waals surface area contributed by atoms with Crippen LogP contribution in [-0.2, 0) is 16.4 Å². The maximum absolute atomic E-state index is 12.3. The lowest BCUT2D eigenvalue weighted by molar-refractivity contribution is 0.00646. The molecule has 2 bridgehead atoms. The summed E-state index contributed by atoms with van der Waals surface area (Å²) in [4.78, 5) is 0. The maximum atomic E-state index is 12.3. The summed E-state index contributed by atoms with van der Waals surface area (Å²) in [6.45, 7) is 1.99. The molecule has 110 valence electrons. The molecule has 0 amide bonds. The van der Waals surface area contributed by atoms with Gasteiger partial charge >= 0.3 is 0 Å². The molecule has 2 aliphatic heterocycles. The summed E-state index contributed by atoms with van der Waals surface area (Å²) in [6, 6.07) is 5.89. The molecular formula is C16H22O3S. The fraction of sp³-hybridized carbons (Fsp3) is 0.625. The molecule has 0 aliphatic carbocycles. The van der Waals surface area contributed by atoms with Gasteiger partial charge in [0.2, 0.25) is 0 Å². The van der Waals surface area contributed by atoms with Gasteiger partial charge in [-0.05, 0) is 55.9 Å². The number of hydrogen-bond acceptors (Lipinski definition) is 3. The average molecular weight is 294 g/mol. The van der Waals surface area contributed by atoms with Crippen molar-refractivity contribution in [3.05, 3.63) is 29.3 Å². The van der Waals surface area contributed by atoms with Crippen LogP contribution in [0.4, 0.5) is 0 Å². The molecule has 1 aromatic rings. The normalized spacial score (nSPS) is 36.6. The maximum Gasteiger partial charge on any atom is 0.121 e. The molecule has 1 N–H and O–H groups in total. The Hall–Kier alpha value is -0.870. The van der Waals surface area contributed by atoms with E-state index in [2.05, 4.69) is 0 Å². The predicted molar refractivity (Wildman–Crippen MR) is 80.4 cm³/mol. The van der Waals surface area contributed by atoms with Gasteiger partial charge in [-0.1, -0.05) is 12.5 Å². The van der Waals surface area contributed by atoms with Crippen LogP contribution in [0.5, 0.6) is 5.75 Å². The van der Waals surface area contributed by atoms with E-state index < -0.39 is 16.4 Å². The molecule has 2 aliphatic rings. The Labute approximate surface area is 122 Å². The molecule has 4 heteroatoms. The lowest BCUT2D eigenvalue weighted by Crippen LogP contribution is -2.47. The summed E-state index contributed by atoms with van der Waals surface area (Å²) in [5.74, 6) is 0.844. The first-order valence-electron chi connectivity index (χ1n) is 7.30. The van der Waals surface area contributed by atoms with Crippen molar-refractivity contribution in [2.24, 2.45) is 0 Å². The van der Waals surface area contributed by atoms with Gasteiger partial charge in [0.1, 0.15) is 5.75 Å². The van der Waals surface area contributed by atoms with Crippen LogP contribution in [0.2, 0.25) is 0 Å². The summed E-state index contributed by atoms with van der Waals surface area (Å²) >= 11 is 0. The molecule has 2 fully saturated rings. The summed E-state index contributed by atoms with van der Waals surface area (Å²) in [5, 5.41) is 11.4.